The summed E-state index contributed by atoms with van der Waals surface area (Å²) in [6.45, 7) is 0.956. The maximum Gasteiger partial charge on any atom is 0.407 e. The number of halogens is 3. The zero-order chi connectivity index (χ0) is 27.3. The van der Waals surface area contributed by atoms with Crippen molar-refractivity contribution in [3.05, 3.63) is 29.7 Å². The molecule has 2 aliphatic carbocycles. The molecule has 2 atom stereocenters. The fraction of sp³-hybridized carbons (Fsp3) is 0.680. The van der Waals surface area contributed by atoms with Gasteiger partial charge < -0.3 is 25.0 Å². The maximum absolute atomic E-state index is 14.0. The Balaban J connectivity index is 1.58. The van der Waals surface area contributed by atoms with Gasteiger partial charge in [0.1, 0.15) is 12.3 Å². The van der Waals surface area contributed by atoms with Crippen LogP contribution >= 0.6 is 0 Å². The Kier molecular flexibility index (Phi) is 8.76. The number of aromatic nitrogens is 3. The molecular weight excluding hydrogens is 505 g/mol. The van der Waals surface area contributed by atoms with Gasteiger partial charge in [-0.25, -0.2) is 27.5 Å². The van der Waals surface area contributed by atoms with Crippen LogP contribution in [0.15, 0.2) is 18.5 Å². The molecule has 0 radical (unpaired) electrons. The third-order valence-corrected chi connectivity index (χ3v) is 7.30. The SMILES string of the molecule is CNCCN(C=O)C(COC)c1cnn2cc(C(NC(=O)OCC3(F)CC3)C3CCC(F)(F)CC3)nc2c1. The number of hydrogen-bond donors (Lipinski definition) is 2. The molecule has 38 heavy (non-hydrogen) atoms. The van der Waals surface area contributed by atoms with Gasteiger partial charge in [0, 0.05) is 38.6 Å². The lowest BCUT2D eigenvalue weighted by molar-refractivity contribution is -0.121. The Morgan fingerprint density at radius 3 is 2.66 bits per heavy atom. The molecule has 2 aromatic heterocycles. The lowest BCUT2D eigenvalue weighted by atomic mass is 9.81. The first-order chi connectivity index (χ1) is 18.2. The largest absolute Gasteiger partial charge is 0.446 e. The number of rotatable bonds is 13. The van der Waals surface area contributed by atoms with E-state index in [9.17, 15) is 22.8 Å². The van der Waals surface area contributed by atoms with Gasteiger partial charge in [0.25, 0.3) is 0 Å². The van der Waals surface area contributed by atoms with Gasteiger partial charge in [-0.05, 0) is 44.7 Å². The molecule has 2 saturated carbocycles. The van der Waals surface area contributed by atoms with Crippen molar-refractivity contribution in [3.8, 4) is 0 Å². The minimum Gasteiger partial charge on any atom is -0.446 e. The van der Waals surface area contributed by atoms with Crippen LogP contribution in [0.3, 0.4) is 0 Å². The minimum atomic E-state index is -2.74. The van der Waals surface area contributed by atoms with Gasteiger partial charge in [-0.1, -0.05) is 0 Å². The number of likely N-dealkylation sites (N-methyl/N-ethyl adjacent to an activating group) is 1. The second-order valence-electron chi connectivity index (χ2n) is 10.2. The summed E-state index contributed by atoms with van der Waals surface area (Å²) in [5.74, 6) is -3.04. The first kappa shape index (κ1) is 28.1. The highest BCUT2D eigenvalue weighted by Gasteiger charge is 2.45. The number of fused-ring (bicyclic) bond motifs is 1. The van der Waals surface area contributed by atoms with Gasteiger partial charge in [0.2, 0.25) is 12.3 Å². The molecule has 2 aromatic rings. The van der Waals surface area contributed by atoms with Crippen LogP contribution in [-0.2, 0) is 14.3 Å². The number of carbonyl (C=O) groups is 2. The van der Waals surface area contributed by atoms with Crippen LogP contribution < -0.4 is 10.6 Å². The van der Waals surface area contributed by atoms with Crippen LogP contribution in [0.25, 0.3) is 5.65 Å². The molecule has 0 aliphatic heterocycles. The molecular formula is C25H35F3N6O4. The van der Waals surface area contributed by atoms with E-state index in [2.05, 4.69) is 20.7 Å². The molecule has 2 unspecified atom stereocenters. The van der Waals surface area contributed by atoms with E-state index in [1.807, 2.05) is 0 Å². The smallest absolute Gasteiger partial charge is 0.407 e. The normalized spacial score (nSPS) is 20.0. The van der Waals surface area contributed by atoms with Crippen molar-refractivity contribution in [1.82, 2.24) is 30.1 Å². The first-order valence-corrected chi connectivity index (χ1v) is 12.9. The standard InChI is InChI=1S/C25H35F3N6O4/c1-29-9-10-33(16-35)20(14-37-2)18-11-21-31-19(13-34(21)30-12-18)22(17-3-5-25(27,28)6-4-17)32-23(36)38-15-24(26)7-8-24/h11-13,16-17,20,22,29H,3-10,14-15H2,1-2H3,(H,32,36). The zero-order valence-electron chi connectivity index (χ0n) is 21.7. The second-order valence-corrected chi connectivity index (χ2v) is 10.2. The average Bonchev–Trinajstić information content (AvgIpc) is 3.48. The van der Waals surface area contributed by atoms with E-state index >= 15 is 0 Å². The van der Waals surface area contributed by atoms with E-state index in [1.54, 1.807) is 37.5 Å². The summed E-state index contributed by atoms with van der Waals surface area (Å²) >= 11 is 0. The molecule has 2 aliphatic rings. The minimum absolute atomic E-state index is 0.188. The van der Waals surface area contributed by atoms with Gasteiger partial charge in [0.05, 0.1) is 36.8 Å². The van der Waals surface area contributed by atoms with Crippen molar-refractivity contribution < 1.29 is 32.2 Å². The van der Waals surface area contributed by atoms with Crippen molar-refractivity contribution in [1.29, 1.82) is 0 Å². The van der Waals surface area contributed by atoms with Crippen molar-refractivity contribution in [3.63, 3.8) is 0 Å². The van der Waals surface area contributed by atoms with Gasteiger partial charge in [0.15, 0.2) is 5.65 Å². The van der Waals surface area contributed by atoms with E-state index in [0.717, 1.165) is 6.41 Å². The number of alkyl carbamates (subject to hydrolysis) is 1. The maximum atomic E-state index is 14.0. The second kappa shape index (κ2) is 11.9. The van der Waals surface area contributed by atoms with Crippen LogP contribution in [0, 0.1) is 5.92 Å². The Morgan fingerprint density at radius 1 is 1.29 bits per heavy atom. The Bertz CT molecular complexity index is 1100. The molecule has 13 heteroatoms. The molecule has 2 amide bonds. The zero-order valence-corrected chi connectivity index (χ0v) is 21.7. The summed E-state index contributed by atoms with van der Waals surface area (Å²) in [6.07, 6.45) is 3.70. The van der Waals surface area contributed by atoms with Crippen LogP contribution in [0.5, 0.6) is 0 Å². The van der Waals surface area contributed by atoms with E-state index in [1.165, 1.54) is 4.52 Å². The number of ether oxygens (including phenoxy) is 2. The number of nitrogens with one attached hydrogen (secondary N) is 2. The average molecular weight is 541 g/mol. The molecule has 4 rings (SSSR count). The summed E-state index contributed by atoms with van der Waals surface area (Å²) in [7, 11) is 3.34. The quantitative estimate of drug-likeness (QED) is 0.376. The number of nitrogens with zero attached hydrogens (tertiary/aromatic N) is 4. The summed E-state index contributed by atoms with van der Waals surface area (Å²) < 4.78 is 53.6. The molecule has 2 N–H and O–H groups in total. The number of hydrogen-bond acceptors (Lipinski definition) is 7. The number of carbonyl (C=O) groups excluding carboxylic acids is 2. The van der Waals surface area contributed by atoms with E-state index < -0.39 is 29.8 Å². The molecule has 0 saturated heterocycles. The fourth-order valence-corrected chi connectivity index (χ4v) is 4.78. The predicted molar refractivity (Wildman–Crippen MR) is 132 cm³/mol. The topological polar surface area (TPSA) is 110 Å². The third-order valence-electron chi connectivity index (χ3n) is 7.30. The van der Waals surface area contributed by atoms with E-state index in [4.69, 9.17) is 9.47 Å². The third kappa shape index (κ3) is 6.93. The monoisotopic (exact) mass is 540 g/mol. The lowest BCUT2D eigenvalue weighted by Crippen LogP contribution is -2.38. The number of alkyl halides is 3. The highest BCUT2D eigenvalue weighted by atomic mass is 19.3. The number of imidazole rings is 1. The fourth-order valence-electron chi connectivity index (χ4n) is 4.78. The van der Waals surface area contributed by atoms with Crippen LogP contribution in [0.4, 0.5) is 18.0 Å². The first-order valence-electron chi connectivity index (χ1n) is 12.9. The summed E-state index contributed by atoms with van der Waals surface area (Å²) in [5, 5.41) is 10.2. The highest BCUT2D eigenvalue weighted by Crippen LogP contribution is 2.42. The van der Waals surface area contributed by atoms with Crippen LogP contribution in [0.2, 0.25) is 0 Å². The molecule has 0 spiro atoms. The molecule has 2 fully saturated rings. The Hall–Kier alpha value is -2.93. The van der Waals surface area contributed by atoms with Gasteiger partial charge in [-0.3, -0.25) is 4.79 Å². The predicted octanol–water partition coefficient (Wildman–Crippen LogP) is 3.19. The van der Waals surface area contributed by atoms with Crippen LogP contribution in [-0.4, -0.2) is 84.1 Å². The summed E-state index contributed by atoms with van der Waals surface area (Å²) in [5.41, 5.74) is 0.136. The molecule has 210 valence electrons. The van der Waals surface area contributed by atoms with Crippen molar-refractivity contribution in [2.45, 2.75) is 62.2 Å². The van der Waals surface area contributed by atoms with E-state index in [-0.39, 0.29) is 44.8 Å². The molecule has 0 aromatic carbocycles. The number of amides is 2. The van der Waals surface area contributed by atoms with Gasteiger partial charge >= 0.3 is 6.09 Å². The summed E-state index contributed by atoms with van der Waals surface area (Å²) in [6, 6.07) is 0.666. The molecule has 0 bridgehead atoms. The lowest BCUT2D eigenvalue weighted by Gasteiger charge is -2.33. The Morgan fingerprint density at radius 2 is 2.03 bits per heavy atom. The van der Waals surface area contributed by atoms with Gasteiger partial charge in [-0.15, -0.1) is 0 Å². The van der Waals surface area contributed by atoms with E-state index in [0.29, 0.717) is 42.8 Å². The molecule has 10 nitrogen and oxygen atoms in total. The summed E-state index contributed by atoms with van der Waals surface area (Å²) in [4.78, 5) is 30.6. The van der Waals surface area contributed by atoms with Crippen LogP contribution in [0.1, 0.15) is 61.9 Å². The highest BCUT2D eigenvalue weighted by molar-refractivity contribution is 5.68. The van der Waals surface area contributed by atoms with Crippen molar-refractivity contribution in [2.24, 2.45) is 5.92 Å². The molecule has 2 heterocycles. The van der Waals surface area contributed by atoms with Crippen molar-refractivity contribution in [2.75, 3.05) is 40.5 Å². The van der Waals surface area contributed by atoms with Crippen molar-refractivity contribution >= 4 is 18.2 Å². The Labute approximate surface area is 219 Å². The van der Waals surface area contributed by atoms with Gasteiger partial charge in [-0.2, -0.15) is 5.10 Å². The number of methoxy groups -OCH3 is 1.